The molecule has 2 aromatic rings. The Morgan fingerprint density at radius 3 is 2.05 bits per heavy atom. The molecule has 0 fully saturated rings. The van der Waals surface area contributed by atoms with E-state index in [0.717, 1.165) is 11.3 Å². The lowest BCUT2D eigenvalue weighted by Gasteiger charge is -2.04. The monoisotopic (exact) mass is 411 g/mol. The number of rotatable bonds is 4. The number of halogens is 3. The van der Waals surface area contributed by atoms with Gasteiger partial charge in [0, 0.05) is 15.7 Å². The van der Waals surface area contributed by atoms with Gasteiger partial charge in [-0.3, -0.25) is 20.2 Å². The van der Waals surface area contributed by atoms with Gasteiger partial charge in [0.2, 0.25) is 0 Å². The average molecular weight is 413 g/mol. The Morgan fingerprint density at radius 1 is 1.05 bits per heavy atom. The van der Waals surface area contributed by atoms with Crippen LogP contribution >= 0.6 is 50.5 Å². The smallest absolute Gasteiger partial charge is 0.341 e. The minimum atomic E-state index is -0.812. The van der Waals surface area contributed by atoms with Gasteiger partial charge in [0.25, 0.3) is 0 Å². The number of nitro groups is 2. The molecule has 0 unspecified atom stereocenters. The van der Waals surface area contributed by atoms with Crippen molar-refractivity contribution in [3.63, 3.8) is 0 Å². The highest BCUT2D eigenvalue weighted by atomic mass is 79.9. The number of benzene rings is 1. The van der Waals surface area contributed by atoms with E-state index in [9.17, 15) is 20.2 Å². The zero-order valence-corrected chi connectivity index (χ0v) is 13.7. The maximum absolute atomic E-state index is 11.1. The molecule has 1 aromatic carbocycles. The highest BCUT2D eigenvalue weighted by Gasteiger charge is 2.36. The maximum Gasteiger partial charge on any atom is 0.381 e. The van der Waals surface area contributed by atoms with Gasteiger partial charge in [0.05, 0.1) is 9.85 Å². The Hall–Kier alpha value is -1.42. The van der Waals surface area contributed by atoms with Crippen molar-refractivity contribution >= 4 is 72.5 Å². The first-order valence-corrected chi connectivity index (χ1v) is 7.50. The van der Waals surface area contributed by atoms with Crippen LogP contribution in [0.5, 0.6) is 0 Å². The van der Waals surface area contributed by atoms with Gasteiger partial charge < -0.3 is 5.32 Å². The zero-order valence-electron chi connectivity index (χ0n) is 9.80. The largest absolute Gasteiger partial charge is 0.381 e. The van der Waals surface area contributed by atoms with Crippen molar-refractivity contribution in [1.29, 1.82) is 0 Å². The highest BCUT2D eigenvalue weighted by molar-refractivity contribution is 9.11. The van der Waals surface area contributed by atoms with Crippen molar-refractivity contribution in [2.45, 2.75) is 0 Å². The van der Waals surface area contributed by atoms with Crippen LogP contribution in [0.3, 0.4) is 0 Å². The second kappa shape index (κ2) is 6.14. The SMILES string of the molecule is O=[N+]([O-])c1c(Br)sc(Nc2cc(Cl)cc(Cl)c2)c1[N+](=O)[O-]. The molecule has 1 N–H and O–H groups in total. The summed E-state index contributed by atoms with van der Waals surface area (Å²) in [6.45, 7) is 0. The third-order valence-corrected chi connectivity index (χ3v) is 4.47. The number of hydrogen-bond donors (Lipinski definition) is 1. The number of hydrogen-bond acceptors (Lipinski definition) is 6. The van der Waals surface area contributed by atoms with E-state index in [1.807, 2.05) is 0 Å². The van der Waals surface area contributed by atoms with E-state index in [1.165, 1.54) is 18.2 Å². The Labute approximate surface area is 139 Å². The quantitative estimate of drug-likeness (QED) is 0.536. The first-order chi connectivity index (χ1) is 9.79. The molecule has 0 aliphatic carbocycles. The fourth-order valence-electron chi connectivity index (χ4n) is 1.56. The summed E-state index contributed by atoms with van der Waals surface area (Å²) in [5.74, 6) is 0. The van der Waals surface area contributed by atoms with E-state index in [2.05, 4.69) is 21.2 Å². The molecule has 7 nitrogen and oxygen atoms in total. The molecule has 2 rings (SSSR count). The fraction of sp³-hybridized carbons (Fsp3) is 0. The van der Waals surface area contributed by atoms with Crippen LogP contribution in [-0.4, -0.2) is 9.85 Å². The maximum atomic E-state index is 11.1. The lowest BCUT2D eigenvalue weighted by molar-refractivity contribution is -0.421. The molecule has 110 valence electrons. The van der Waals surface area contributed by atoms with E-state index in [1.54, 1.807) is 0 Å². The van der Waals surface area contributed by atoms with Crippen LogP contribution in [0.1, 0.15) is 0 Å². The summed E-state index contributed by atoms with van der Waals surface area (Å²) < 4.78 is 0.0508. The third-order valence-electron chi connectivity index (χ3n) is 2.30. The Balaban J connectivity index is 2.52. The predicted molar refractivity (Wildman–Crippen MR) is 85.1 cm³/mol. The van der Waals surface area contributed by atoms with Crippen LogP contribution < -0.4 is 5.32 Å². The average Bonchev–Trinajstić information content (AvgIpc) is 2.64. The van der Waals surface area contributed by atoms with Gasteiger partial charge in [-0.1, -0.05) is 34.5 Å². The number of anilines is 2. The number of thiophene rings is 1. The normalized spacial score (nSPS) is 10.4. The first-order valence-electron chi connectivity index (χ1n) is 5.13. The Bertz CT molecular complexity index is 732. The molecular weight excluding hydrogens is 409 g/mol. The van der Waals surface area contributed by atoms with Crippen LogP contribution in [0, 0.1) is 20.2 Å². The van der Waals surface area contributed by atoms with Crippen molar-refractivity contribution in [3.8, 4) is 0 Å². The molecule has 1 aromatic heterocycles. The second-order valence-corrected chi connectivity index (χ2v) is 6.91. The van der Waals surface area contributed by atoms with Gasteiger partial charge in [-0.05, 0) is 34.1 Å². The van der Waals surface area contributed by atoms with Gasteiger partial charge in [-0.25, -0.2) is 0 Å². The standard InChI is InChI=1S/C10H4BrCl2N3O4S/c11-9-7(15(17)18)8(16(19)20)10(21-9)14-6-2-4(12)1-5(13)3-6/h1-3,14H. The Kier molecular flexibility index (Phi) is 4.67. The lowest BCUT2D eigenvalue weighted by Crippen LogP contribution is -1.97. The molecule has 0 saturated heterocycles. The minimum absolute atomic E-state index is 0.0110. The molecule has 0 spiro atoms. The van der Waals surface area contributed by atoms with Crippen molar-refractivity contribution in [1.82, 2.24) is 0 Å². The van der Waals surface area contributed by atoms with Crippen molar-refractivity contribution < 1.29 is 9.85 Å². The topological polar surface area (TPSA) is 98.3 Å². The summed E-state index contributed by atoms with van der Waals surface area (Å²) in [4.78, 5) is 20.4. The molecule has 0 atom stereocenters. The van der Waals surface area contributed by atoms with E-state index in [0.29, 0.717) is 15.7 Å². The van der Waals surface area contributed by atoms with Crippen LogP contribution in [0.2, 0.25) is 10.0 Å². The number of nitrogens with zero attached hydrogens (tertiary/aromatic N) is 2. The highest BCUT2D eigenvalue weighted by Crippen LogP contribution is 2.49. The van der Waals surface area contributed by atoms with Gasteiger partial charge in [-0.2, -0.15) is 0 Å². The molecule has 1 heterocycles. The van der Waals surface area contributed by atoms with Gasteiger partial charge in [0.15, 0.2) is 8.79 Å². The van der Waals surface area contributed by atoms with E-state index in [-0.39, 0.29) is 8.79 Å². The number of nitrogens with one attached hydrogen (secondary N) is 1. The molecule has 0 saturated carbocycles. The molecule has 0 aliphatic rings. The molecule has 0 bridgehead atoms. The van der Waals surface area contributed by atoms with Crippen molar-refractivity contribution in [3.05, 3.63) is 52.3 Å². The van der Waals surface area contributed by atoms with E-state index in [4.69, 9.17) is 23.2 Å². The molecule has 0 radical (unpaired) electrons. The Morgan fingerprint density at radius 2 is 1.57 bits per heavy atom. The molecular formula is C10H4BrCl2N3O4S. The van der Waals surface area contributed by atoms with Crippen LogP contribution in [0.4, 0.5) is 22.1 Å². The van der Waals surface area contributed by atoms with Crippen molar-refractivity contribution in [2.75, 3.05) is 5.32 Å². The summed E-state index contributed by atoms with van der Waals surface area (Å²) in [6.07, 6.45) is 0. The summed E-state index contributed by atoms with van der Waals surface area (Å²) in [7, 11) is 0. The van der Waals surface area contributed by atoms with Crippen LogP contribution in [0.25, 0.3) is 0 Å². The van der Waals surface area contributed by atoms with Crippen LogP contribution in [-0.2, 0) is 0 Å². The summed E-state index contributed by atoms with van der Waals surface area (Å²) in [5.41, 5.74) is -0.826. The first kappa shape index (κ1) is 16.0. The van der Waals surface area contributed by atoms with E-state index >= 15 is 0 Å². The minimum Gasteiger partial charge on any atom is -0.341 e. The zero-order chi connectivity index (χ0) is 15.7. The summed E-state index contributed by atoms with van der Waals surface area (Å²) in [5, 5.41) is 25.4. The third kappa shape index (κ3) is 3.43. The summed E-state index contributed by atoms with van der Waals surface area (Å²) >= 11 is 15.5. The van der Waals surface area contributed by atoms with Gasteiger partial charge >= 0.3 is 11.4 Å². The molecule has 21 heavy (non-hydrogen) atoms. The molecule has 11 heteroatoms. The van der Waals surface area contributed by atoms with E-state index < -0.39 is 21.2 Å². The predicted octanol–water partition coefficient (Wildman–Crippen LogP) is 5.38. The van der Waals surface area contributed by atoms with Crippen LogP contribution in [0.15, 0.2) is 22.0 Å². The second-order valence-electron chi connectivity index (χ2n) is 3.70. The lowest BCUT2D eigenvalue weighted by atomic mass is 10.3. The fourth-order valence-corrected chi connectivity index (χ4v) is 3.78. The molecule has 0 aliphatic heterocycles. The van der Waals surface area contributed by atoms with Crippen molar-refractivity contribution in [2.24, 2.45) is 0 Å². The summed E-state index contributed by atoms with van der Waals surface area (Å²) in [6, 6.07) is 4.49. The van der Waals surface area contributed by atoms with Gasteiger partial charge in [0.1, 0.15) is 0 Å². The molecule has 0 amide bonds. The van der Waals surface area contributed by atoms with Gasteiger partial charge in [-0.15, -0.1) is 0 Å².